The number of nitrogens with one attached hydrogen (secondary N) is 4. The number of aromatic nitrogens is 6. The summed E-state index contributed by atoms with van der Waals surface area (Å²) >= 11 is 24.9. The molecule has 4 aliphatic carbocycles. The smallest absolute Gasteiger partial charge is 0.434 e. The summed E-state index contributed by atoms with van der Waals surface area (Å²) in [7, 11) is 0. The summed E-state index contributed by atoms with van der Waals surface area (Å²) in [5.74, 6) is -6.35. The topological polar surface area (TPSA) is 301 Å². The first-order valence-electron chi connectivity index (χ1n) is 30.9. The van der Waals surface area contributed by atoms with Crippen molar-refractivity contribution in [1.29, 1.82) is 0 Å². The highest BCUT2D eigenvalue weighted by molar-refractivity contribution is 6.31. The zero-order chi connectivity index (χ0) is 64.7. The Morgan fingerprint density at radius 1 is 0.609 bits per heavy atom. The molecule has 7 N–H and O–H groups in total. The Bertz CT molecular complexity index is 3940. The quantitative estimate of drug-likeness (QED) is 0.0772. The number of carbonyl (C=O) groups excluding carboxylic acids is 3. The molecular weight excluding hydrogens is 1300 g/mol. The van der Waals surface area contributed by atoms with Crippen LogP contribution in [0.1, 0.15) is 182 Å². The van der Waals surface area contributed by atoms with Crippen molar-refractivity contribution in [2.24, 2.45) is 45.1 Å². The van der Waals surface area contributed by atoms with Gasteiger partial charge in [0.15, 0.2) is 0 Å². The number of H-pyrrole nitrogens is 2. The molecule has 4 aromatic heterocycles. The molecule has 6 aromatic rings. The van der Waals surface area contributed by atoms with Gasteiger partial charge in [-0.2, -0.15) is 0 Å². The largest absolute Gasteiger partial charge is 0.481 e. The van der Waals surface area contributed by atoms with E-state index in [1.54, 1.807) is 42.5 Å². The second-order valence-electron chi connectivity index (χ2n) is 27.7. The minimum absolute atomic E-state index is 0. The van der Waals surface area contributed by atoms with Gasteiger partial charge in [-0.1, -0.05) is 110 Å². The number of fused-ring (bicyclic) bond motifs is 6. The van der Waals surface area contributed by atoms with Gasteiger partial charge in [0.05, 0.1) is 40.0 Å². The number of aromatic amines is 2. The van der Waals surface area contributed by atoms with E-state index < -0.39 is 80.6 Å². The SMILES string of the molecule is CC1(C)CCC2(CC1)C[C@@H](C(=O)C[C@@H]1CC[C@@H](c3n[nH]c(=O)o3)OC1)[C@H](c1cccc(Cl)c1F)[C@]21C(=O)Nc2nc(Cl)ccc21.CC1(C)CCC2(CC1)C[C@@H](C(=O)O)[C@H](c1cccc(Cl)c1F)C21C(=O)Nc2nc(Cl)ccc21.Cl.N[C@@H]1CC[C@@H](c2n[nH]c(=O)o2)OC1. The lowest BCUT2D eigenvalue weighted by Crippen LogP contribution is -2.52. The first-order chi connectivity index (χ1) is 43.2. The van der Waals surface area contributed by atoms with Crippen LogP contribution in [-0.4, -0.2) is 78.3 Å². The molecule has 4 spiro atoms. The van der Waals surface area contributed by atoms with Crippen LogP contribution in [0.4, 0.5) is 20.4 Å². The minimum Gasteiger partial charge on any atom is -0.481 e. The molecule has 4 saturated carbocycles. The number of rotatable bonds is 8. The van der Waals surface area contributed by atoms with Crippen molar-refractivity contribution >= 4 is 94.0 Å². The Kier molecular flexibility index (Phi) is 18.7. The van der Waals surface area contributed by atoms with Gasteiger partial charge in [0.1, 0.15) is 51.6 Å². The Balaban J connectivity index is 0.000000161. The Morgan fingerprint density at radius 3 is 1.45 bits per heavy atom. The Labute approximate surface area is 554 Å². The lowest BCUT2D eigenvalue weighted by Gasteiger charge is -2.50. The number of ether oxygens (including phenoxy) is 2. The molecule has 4 aliphatic heterocycles. The highest BCUT2D eigenvalue weighted by Gasteiger charge is 2.75. The second-order valence-corrected chi connectivity index (χ2v) is 29.3. The molecule has 1 unspecified atom stereocenters. The maximum absolute atomic E-state index is 16.2. The van der Waals surface area contributed by atoms with E-state index in [1.807, 2.05) is 6.07 Å². The maximum Gasteiger partial charge on any atom is 0.434 e. The third-order valence-corrected chi connectivity index (χ3v) is 22.5. The van der Waals surface area contributed by atoms with Crippen LogP contribution in [0.5, 0.6) is 0 Å². The number of nitrogens with zero attached hydrogens (tertiary/aromatic N) is 4. The van der Waals surface area contributed by atoms with Gasteiger partial charge in [-0.05, 0) is 153 Å². The molecule has 92 heavy (non-hydrogen) atoms. The average Bonchev–Trinajstić information content (AvgIpc) is 1.51. The Morgan fingerprint density at radius 2 is 1.04 bits per heavy atom. The third-order valence-electron chi connectivity index (χ3n) is 21.5. The van der Waals surface area contributed by atoms with E-state index in [0.717, 1.165) is 38.5 Å². The predicted molar refractivity (Wildman–Crippen MR) is 339 cm³/mol. The number of benzene rings is 2. The molecule has 2 saturated heterocycles. The number of carboxylic acids is 1. The summed E-state index contributed by atoms with van der Waals surface area (Å²) in [5.41, 5.74) is 3.70. The molecule has 10 atom stereocenters. The summed E-state index contributed by atoms with van der Waals surface area (Å²) in [5, 5.41) is 28.5. The van der Waals surface area contributed by atoms with Crippen molar-refractivity contribution in [2.45, 2.75) is 165 Å². The molecule has 0 radical (unpaired) electrons. The van der Waals surface area contributed by atoms with Gasteiger partial charge in [-0.25, -0.2) is 38.5 Å². The van der Waals surface area contributed by atoms with Gasteiger partial charge < -0.3 is 39.8 Å². The van der Waals surface area contributed by atoms with Crippen molar-refractivity contribution in [3.8, 4) is 0 Å². The zero-order valence-corrected chi connectivity index (χ0v) is 54.8. The first-order valence-corrected chi connectivity index (χ1v) is 32.4. The van der Waals surface area contributed by atoms with Gasteiger partial charge in [-0.3, -0.25) is 19.2 Å². The van der Waals surface area contributed by atoms with Crippen molar-refractivity contribution in [3.05, 3.63) is 148 Å². The number of halogens is 7. The number of anilines is 2. The van der Waals surface area contributed by atoms with Crippen molar-refractivity contribution < 1.29 is 51.4 Å². The molecule has 492 valence electrons. The summed E-state index contributed by atoms with van der Waals surface area (Å²) in [4.78, 5) is 86.6. The number of aliphatic carboxylic acids is 1. The highest BCUT2D eigenvalue weighted by atomic mass is 35.5. The molecule has 0 bridgehead atoms. The van der Waals surface area contributed by atoms with E-state index in [1.165, 1.54) is 12.1 Å². The molecule has 2 aromatic carbocycles. The number of carbonyl (C=O) groups is 4. The van der Waals surface area contributed by atoms with Crippen molar-refractivity contribution in [1.82, 2.24) is 30.4 Å². The monoisotopic (exact) mass is 1370 g/mol. The fourth-order valence-corrected chi connectivity index (χ4v) is 17.6. The van der Waals surface area contributed by atoms with E-state index in [9.17, 15) is 33.9 Å². The standard InChI is InChI=1S/C33H35Cl2FN4O5.C25H25Cl2FN2O3.C7H11N3O3.ClH/c1-31(2)10-12-32(13-11-31)15-19(22(41)14-17-6-8-23(44-16-17)28-39-40-30(43)45-28)25(18-4-3-5-21(34)26(18)36)33(32)20-7-9-24(35)37-27(20)38-29(33)42;1-23(2)8-10-24(11-9-23)12-14(21(31)32)18(13-4-3-5-16(26)19(13)28)25(24)15-6-7-17(27)29-20(15)30-22(25)33;8-4-1-2-5(12-3-4)6-9-10-7(11)13-6;/h3-5,7,9,17,19,23,25H,6,8,10-16H2,1-2H3,(H,40,43)(H,37,38,42);3-7,14,18H,8-12H2,1-2H3,(H,31,32)(H,29,30,33);4-5H,1-3,8H2,(H,10,11);1H/t17-,19-,23-,25-,33+;14-,18+,25?;4-,5+;/m011./s1. The molecule has 2 amide bonds. The first kappa shape index (κ1) is 67.3. The van der Waals surface area contributed by atoms with Crippen LogP contribution in [0.2, 0.25) is 20.4 Å². The molecule has 20 nitrogen and oxygen atoms in total. The minimum atomic E-state index is -1.29. The van der Waals surface area contributed by atoms with Gasteiger partial charge in [0.2, 0.25) is 23.6 Å². The molecule has 8 aliphatic rings. The second kappa shape index (κ2) is 25.6. The maximum atomic E-state index is 16.2. The number of carboxylic acid groups (broad SMARTS) is 1. The van der Waals surface area contributed by atoms with E-state index in [4.69, 9.17) is 70.4 Å². The van der Waals surface area contributed by atoms with Crippen LogP contribution in [0.25, 0.3) is 0 Å². The lowest BCUT2D eigenvalue weighted by molar-refractivity contribution is -0.142. The van der Waals surface area contributed by atoms with Crippen LogP contribution in [0.15, 0.2) is 79.1 Å². The number of Topliss-reactive ketones (excluding diaryl/α,β-unsaturated/α-hetero) is 1. The average molecular weight is 1370 g/mol. The third kappa shape index (κ3) is 11.7. The molecule has 14 rings (SSSR count). The normalized spacial score (nSPS) is 29.3. The molecule has 6 fully saturated rings. The van der Waals surface area contributed by atoms with Crippen LogP contribution >= 0.6 is 58.8 Å². The van der Waals surface area contributed by atoms with Crippen molar-refractivity contribution in [2.75, 3.05) is 23.8 Å². The highest BCUT2D eigenvalue weighted by Crippen LogP contribution is 2.74. The number of hydrogen-bond donors (Lipinski definition) is 6. The van der Waals surface area contributed by atoms with Gasteiger partial charge in [0, 0.05) is 41.3 Å². The van der Waals surface area contributed by atoms with Crippen molar-refractivity contribution in [3.63, 3.8) is 0 Å². The van der Waals surface area contributed by atoms with Crippen LogP contribution in [0, 0.1) is 51.0 Å². The summed E-state index contributed by atoms with van der Waals surface area (Å²) < 4.78 is 52.8. The Hall–Kier alpha value is -6.11. The molecule has 8 heterocycles. The van der Waals surface area contributed by atoms with E-state index in [-0.39, 0.29) is 116 Å². The van der Waals surface area contributed by atoms with E-state index in [0.29, 0.717) is 80.2 Å². The van der Waals surface area contributed by atoms with Gasteiger partial charge >= 0.3 is 17.5 Å². The van der Waals surface area contributed by atoms with Gasteiger partial charge in [-0.15, -0.1) is 22.6 Å². The number of hydrogen-bond acceptors (Lipinski definition) is 15. The van der Waals surface area contributed by atoms with Crippen LogP contribution < -0.4 is 27.9 Å². The predicted octanol–water partition coefficient (Wildman–Crippen LogP) is 13.1. The summed E-state index contributed by atoms with van der Waals surface area (Å²) in [6.45, 7) is 9.61. The van der Waals surface area contributed by atoms with E-state index >= 15 is 8.78 Å². The van der Waals surface area contributed by atoms with Gasteiger partial charge in [0.25, 0.3) is 0 Å². The number of pyridine rings is 2. The van der Waals surface area contributed by atoms with Crippen LogP contribution in [0.3, 0.4) is 0 Å². The fourth-order valence-electron chi connectivity index (χ4n) is 17.0. The summed E-state index contributed by atoms with van der Waals surface area (Å²) in [6, 6.07) is 16.4. The molecule has 27 heteroatoms. The summed E-state index contributed by atoms with van der Waals surface area (Å²) in [6.07, 6.45) is 9.22. The lowest BCUT2D eigenvalue weighted by atomic mass is 9.51. The number of amides is 2. The molecular formula is C65H72Cl5F2N9O11. The number of nitrogens with two attached hydrogens (primary N) is 1. The number of ketones is 1. The fraction of sp³-hybridized carbons (Fsp3) is 0.538. The zero-order valence-electron chi connectivity index (χ0n) is 51.0. The van der Waals surface area contributed by atoms with E-state index in [2.05, 4.69) is 68.7 Å². The van der Waals surface area contributed by atoms with Crippen LogP contribution in [-0.2, 0) is 39.5 Å².